The van der Waals surface area contributed by atoms with E-state index >= 15 is 0 Å². The smallest absolute Gasteiger partial charge is 0.338 e. The molecule has 0 bridgehead atoms. The minimum atomic E-state index is -0.893. The molecule has 9 nitrogen and oxygen atoms in total. The van der Waals surface area contributed by atoms with E-state index in [9.17, 15) is 4.79 Å². The Kier molecular flexibility index (Phi) is 12.1. The Labute approximate surface area is 355 Å². The van der Waals surface area contributed by atoms with Gasteiger partial charge in [-0.25, -0.2) is 14.5 Å². The fourth-order valence-electron chi connectivity index (χ4n) is 8.23. The lowest BCUT2D eigenvalue weighted by atomic mass is 9.77. The number of esters is 1. The van der Waals surface area contributed by atoms with Crippen LogP contribution in [-0.2, 0) is 28.0 Å². The SMILES string of the molecule is CCCCc1nc(Cl)c(C(OC)c2ccccc2C(=O)OC)n1Cc1ccc(-c2ccccc2-c2nnnn2C(c2ccccc2)(c2ccccc2)c2ccccc2)cc1. The van der Waals surface area contributed by atoms with Crippen LogP contribution in [0.5, 0.6) is 0 Å². The van der Waals surface area contributed by atoms with Crippen LogP contribution in [0.2, 0.25) is 5.15 Å². The van der Waals surface area contributed by atoms with E-state index in [1.54, 1.807) is 19.2 Å². The van der Waals surface area contributed by atoms with Gasteiger partial charge in [-0.05, 0) is 56.3 Å². The van der Waals surface area contributed by atoms with E-state index in [1.807, 2.05) is 47.1 Å². The maximum atomic E-state index is 12.9. The lowest BCUT2D eigenvalue weighted by Crippen LogP contribution is -2.39. The molecule has 300 valence electrons. The van der Waals surface area contributed by atoms with Gasteiger partial charge in [-0.1, -0.05) is 183 Å². The van der Waals surface area contributed by atoms with E-state index in [-0.39, 0.29) is 0 Å². The first-order valence-electron chi connectivity index (χ1n) is 20.1. The molecule has 0 saturated heterocycles. The van der Waals surface area contributed by atoms with E-state index in [0.717, 1.165) is 64.0 Å². The quantitative estimate of drug-likeness (QED) is 0.0751. The number of halogens is 1. The Morgan fingerprint density at radius 2 is 1.28 bits per heavy atom. The van der Waals surface area contributed by atoms with Gasteiger partial charge in [0.2, 0.25) is 0 Å². The molecule has 2 aromatic heterocycles. The van der Waals surface area contributed by atoms with Crippen LogP contribution in [0.3, 0.4) is 0 Å². The third-order valence-electron chi connectivity index (χ3n) is 11.1. The maximum absolute atomic E-state index is 12.9. The summed E-state index contributed by atoms with van der Waals surface area (Å²) in [6.07, 6.45) is 2.02. The van der Waals surface area contributed by atoms with Crippen LogP contribution in [0.1, 0.15) is 75.6 Å². The predicted molar refractivity (Wildman–Crippen MR) is 235 cm³/mol. The Hall–Kier alpha value is -6.68. The zero-order valence-corrected chi connectivity index (χ0v) is 34.5. The number of tetrazole rings is 1. The number of ether oxygens (including phenoxy) is 2. The first-order chi connectivity index (χ1) is 29.5. The van der Waals surface area contributed by atoms with Crippen molar-refractivity contribution in [1.82, 2.24) is 29.8 Å². The van der Waals surface area contributed by atoms with Gasteiger partial charge < -0.3 is 14.0 Å². The average molecular weight is 813 g/mol. The van der Waals surface area contributed by atoms with Crippen molar-refractivity contribution in [3.05, 3.63) is 214 Å². The van der Waals surface area contributed by atoms with Crippen LogP contribution in [0, 0.1) is 0 Å². The average Bonchev–Trinajstić information content (AvgIpc) is 3.92. The molecular weight excluding hydrogens is 768 g/mol. The first kappa shape index (κ1) is 40.1. The van der Waals surface area contributed by atoms with Crippen molar-refractivity contribution in [2.75, 3.05) is 14.2 Å². The fraction of sp³-hybridized carbons (Fsp3) is 0.180. The second kappa shape index (κ2) is 18.1. The van der Waals surface area contributed by atoms with Crippen LogP contribution >= 0.6 is 11.6 Å². The Balaban J connectivity index is 1.21. The molecule has 0 N–H and O–H groups in total. The van der Waals surface area contributed by atoms with Crippen LogP contribution in [0.15, 0.2) is 164 Å². The van der Waals surface area contributed by atoms with Gasteiger partial charge >= 0.3 is 5.97 Å². The van der Waals surface area contributed by atoms with Gasteiger partial charge in [-0.15, -0.1) is 5.10 Å². The molecule has 1 atom stereocenters. The lowest BCUT2D eigenvalue weighted by Gasteiger charge is -2.36. The summed E-state index contributed by atoms with van der Waals surface area (Å²) in [7, 11) is 2.99. The van der Waals surface area contributed by atoms with Crippen molar-refractivity contribution >= 4 is 17.6 Å². The van der Waals surface area contributed by atoms with Gasteiger partial charge in [0.05, 0.1) is 18.4 Å². The molecule has 0 amide bonds. The minimum Gasteiger partial charge on any atom is -0.465 e. The number of hydrogen-bond acceptors (Lipinski definition) is 7. The monoisotopic (exact) mass is 812 g/mol. The molecule has 8 rings (SSSR count). The van der Waals surface area contributed by atoms with Crippen molar-refractivity contribution in [2.45, 2.75) is 44.4 Å². The van der Waals surface area contributed by atoms with Gasteiger partial charge in [0.15, 0.2) is 11.0 Å². The molecule has 0 spiro atoms. The van der Waals surface area contributed by atoms with Crippen molar-refractivity contribution in [3.8, 4) is 22.5 Å². The number of unbranched alkanes of at least 4 members (excludes halogenated alkanes) is 1. The summed E-state index contributed by atoms with van der Waals surface area (Å²) in [6.45, 7) is 2.64. The highest BCUT2D eigenvalue weighted by Crippen LogP contribution is 2.43. The first-order valence-corrected chi connectivity index (χ1v) is 20.5. The number of rotatable bonds is 15. The molecule has 0 radical (unpaired) electrons. The second-order valence-electron chi connectivity index (χ2n) is 14.6. The van der Waals surface area contributed by atoms with Crippen LogP contribution < -0.4 is 0 Å². The van der Waals surface area contributed by atoms with Crippen LogP contribution in [0.25, 0.3) is 22.5 Å². The number of aromatic nitrogens is 6. The molecule has 2 heterocycles. The van der Waals surface area contributed by atoms with Crippen LogP contribution in [0.4, 0.5) is 0 Å². The van der Waals surface area contributed by atoms with E-state index in [2.05, 4.69) is 126 Å². The van der Waals surface area contributed by atoms with E-state index < -0.39 is 17.6 Å². The number of carbonyl (C=O) groups is 1. The molecular formula is C50H45ClN6O3. The van der Waals surface area contributed by atoms with Gasteiger partial charge in [-0.3, -0.25) is 0 Å². The van der Waals surface area contributed by atoms with Crippen molar-refractivity contribution in [1.29, 1.82) is 0 Å². The second-order valence-corrected chi connectivity index (χ2v) is 14.9. The van der Waals surface area contributed by atoms with E-state index in [4.69, 9.17) is 36.4 Å². The molecule has 0 saturated carbocycles. The summed E-state index contributed by atoms with van der Waals surface area (Å²) < 4.78 is 15.3. The third kappa shape index (κ3) is 7.54. The van der Waals surface area contributed by atoms with Crippen molar-refractivity contribution in [3.63, 3.8) is 0 Å². The van der Waals surface area contributed by atoms with Crippen molar-refractivity contribution in [2.24, 2.45) is 0 Å². The molecule has 0 aliphatic rings. The Morgan fingerprint density at radius 1 is 0.717 bits per heavy atom. The summed E-state index contributed by atoms with van der Waals surface area (Å²) >= 11 is 6.97. The number of carbonyl (C=O) groups excluding carboxylic acids is 1. The molecule has 10 heteroatoms. The van der Waals surface area contributed by atoms with Crippen molar-refractivity contribution < 1.29 is 14.3 Å². The minimum absolute atomic E-state index is 0.341. The molecule has 0 fully saturated rings. The van der Waals surface area contributed by atoms with Gasteiger partial charge in [0.1, 0.15) is 17.5 Å². The third-order valence-corrected chi connectivity index (χ3v) is 11.3. The topological polar surface area (TPSA) is 97.0 Å². The Morgan fingerprint density at radius 3 is 1.87 bits per heavy atom. The number of benzene rings is 6. The zero-order chi connectivity index (χ0) is 41.5. The highest BCUT2D eigenvalue weighted by atomic mass is 35.5. The van der Waals surface area contributed by atoms with E-state index in [0.29, 0.717) is 34.3 Å². The standard InChI is InChI=1S/C50H45ClN6O3/c1-4-5-29-44-52-47(51)45(46(59-2)41-26-16-18-28-43(41)49(58)60-3)56(44)34-35-30-32-36(33-31-35)40-25-15-17-27-42(40)48-53-54-55-57(48)50(37-19-9-6-10-20-37,38-21-11-7-12-22-38)39-23-13-8-14-24-39/h6-28,30-33,46H,4-5,29,34H2,1-3H3. The largest absolute Gasteiger partial charge is 0.465 e. The highest BCUT2D eigenvalue weighted by molar-refractivity contribution is 6.30. The summed E-state index contributed by atoms with van der Waals surface area (Å²) in [4.78, 5) is 17.7. The van der Waals surface area contributed by atoms with Gasteiger partial charge in [0.25, 0.3) is 0 Å². The Bertz CT molecular complexity index is 2580. The summed E-state index contributed by atoms with van der Waals surface area (Å²) in [5.74, 6) is 1.04. The number of hydrogen-bond donors (Lipinski definition) is 0. The molecule has 60 heavy (non-hydrogen) atoms. The number of methoxy groups -OCH3 is 2. The lowest BCUT2D eigenvalue weighted by molar-refractivity contribution is 0.0591. The molecule has 6 aromatic carbocycles. The number of imidazole rings is 1. The normalized spacial score (nSPS) is 12.0. The predicted octanol–water partition coefficient (Wildman–Crippen LogP) is 10.6. The zero-order valence-electron chi connectivity index (χ0n) is 33.8. The fourth-order valence-corrected chi connectivity index (χ4v) is 8.53. The molecule has 1 unspecified atom stereocenters. The number of aryl methyl sites for hydroxylation is 1. The molecule has 0 aliphatic heterocycles. The summed E-state index contributed by atoms with van der Waals surface area (Å²) in [5, 5.41) is 14.2. The summed E-state index contributed by atoms with van der Waals surface area (Å²) in [6, 6.07) is 55.3. The summed E-state index contributed by atoms with van der Waals surface area (Å²) in [5.41, 5.74) is 7.86. The van der Waals surface area contributed by atoms with Crippen LogP contribution in [-0.4, -0.2) is 49.9 Å². The molecule has 0 aliphatic carbocycles. The van der Waals surface area contributed by atoms with E-state index in [1.165, 1.54) is 7.11 Å². The molecule has 8 aromatic rings. The number of nitrogens with zero attached hydrogens (tertiary/aromatic N) is 6. The maximum Gasteiger partial charge on any atom is 0.338 e. The highest BCUT2D eigenvalue weighted by Gasteiger charge is 2.42. The van der Waals surface area contributed by atoms with Gasteiger partial charge in [-0.2, -0.15) is 0 Å². The van der Waals surface area contributed by atoms with Gasteiger partial charge in [0, 0.05) is 31.2 Å².